The van der Waals surface area contributed by atoms with E-state index < -0.39 is 5.82 Å². The number of nitrogens with zero attached hydrogens (tertiary/aromatic N) is 2. The van der Waals surface area contributed by atoms with Gasteiger partial charge in [0.15, 0.2) is 11.5 Å². The summed E-state index contributed by atoms with van der Waals surface area (Å²) in [5, 5.41) is 3.87. The second-order valence-corrected chi connectivity index (χ2v) is 6.32. The number of morpholine rings is 1. The van der Waals surface area contributed by atoms with Gasteiger partial charge in [0.25, 0.3) is 5.91 Å². The zero-order chi connectivity index (χ0) is 16.5. The van der Waals surface area contributed by atoms with E-state index >= 15 is 0 Å². The van der Waals surface area contributed by atoms with E-state index in [2.05, 4.69) is 5.16 Å². The Morgan fingerprint density at radius 2 is 2.08 bits per heavy atom. The van der Waals surface area contributed by atoms with Crippen molar-refractivity contribution in [1.29, 1.82) is 0 Å². The number of rotatable bonds is 2. The molecule has 0 radical (unpaired) electrons. The largest absolute Gasteiger partial charge is 0.374 e. The van der Waals surface area contributed by atoms with Crippen LogP contribution in [-0.4, -0.2) is 41.3 Å². The highest BCUT2D eigenvalue weighted by molar-refractivity contribution is 5.93. The van der Waals surface area contributed by atoms with Crippen LogP contribution in [0, 0.1) is 5.82 Å². The van der Waals surface area contributed by atoms with Crippen molar-refractivity contribution >= 4 is 5.91 Å². The van der Waals surface area contributed by atoms with Crippen LogP contribution in [0.1, 0.15) is 36.2 Å². The lowest BCUT2D eigenvalue weighted by atomic mass is 9.90. The Balaban J connectivity index is 1.58. The average molecular weight is 330 g/mol. The van der Waals surface area contributed by atoms with Crippen LogP contribution in [0.3, 0.4) is 0 Å². The van der Waals surface area contributed by atoms with Gasteiger partial charge < -0.3 is 14.2 Å². The second-order valence-electron chi connectivity index (χ2n) is 6.32. The van der Waals surface area contributed by atoms with Crippen LogP contribution in [0.4, 0.5) is 4.39 Å². The van der Waals surface area contributed by atoms with Crippen LogP contribution in [0.25, 0.3) is 11.3 Å². The summed E-state index contributed by atoms with van der Waals surface area (Å²) >= 11 is 0. The number of halogens is 1. The van der Waals surface area contributed by atoms with Crippen molar-refractivity contribution < 1.29 is 18.4 Å². The molecule has 6 heteroatoms. The van der Waals surface area contributed by atoms with Gasteiger partial charge in [0.1, 0.15) is 5.82 Å². The van der Waals surface area contributed by atoms with Crippen molar-refractivity contribution in [2.45, 2.75) is 37.8 Å². The summed E-state index contributed by atoms with van der Waals surface area (Å²) in [6.07, 6.45) is 4.31. The van der Waals surface area contributed by atoms with E-state index in [0.29, 0.717) is 18.7 Å². The lowest BCUT2D eigenvalue weighted by Gasteiger charge is -2.43. The highest BCUT2D eigenvalue weighted by Gasteiger charge is 2.37. The van der Waals surface area contributed by atoms with E-state index in [-0.39, 0.29) is 29.5 Å². The molecule has 0 bridgehead atoms. The third-order valence-electron chi connectivity index (χ3n) is 4.86. The van der Waals surface area contributed by atoms with E-state index in [4.69, 9.17) is 9.26 Å². The molecule has 1 saturated carbocycles. The maximum absolute atomic E-state index is 13.9. The number of carbonyl (C=O) groups is 1. The normalized spacial score (nSPS) is 23.8. The molecule has 126 valence electrons. The Bertz CT molecular complexity index is 743. The quantitative estimate of drug-likeness (QED) is 0.848. The molecule has 24 heavy (non-hydrogen) atoms. The molecule has 2 atom stereocenters. The molecule has 4 rings (SSSR count). The Morgan fingerprint density at radius 3 is 2.96 bits per heavy atom. The van der Waals surface area contributed by atoms with Gasteiger partial charge in [-0.25, -0.2) is 4.39 Å². The first-order chi connectivity index (χ1) is 11.7. The van der Waals surface area contributed by atoms with Gasteiger partial charge in [0, 0.05) is 12.6 Å². The fraction of sp³-hybridized carbons (Fsp3) is 0.444. The van der Waals surface area contributed by atoms with Crippen LogP contribution in [-0.2, 0) is 4.74 Å². The summed E-state index contributed by atoms with van der Waals surface area (Å²) in [7, 11) is 0. The Hall–Kier alpha value is -2.21. The molecule has 1 aliphatic carbocycles. The third-order valence-corrected chi connectivity index (χ3v) is 4.86. The average Bonchev–Trinajstić information content (AvgIpc) is 3.11. The van der Waals surface area contributed by atoms with Gasteiger partial charge in [0.2, 0.25) is 0 Å². The van der Waals surface area contributed by atoms with E-state index in [1.165, 1.54) is 12.1 Å². The lowest BCUT2D eigenvalue weighted by Crippen LogP contribution is -2.54. The van der Waals surface area contributed by atoms with Crippen LogP contribution >= 0.6 is 0 Å². The Kier molecular flexibility index (Phi) is 4.06. The summed E-state index contributed by atoms with van der Waals surface area (Å²) in [5.41, 5.74) is 0.529. The molecule has 2 aliphatic rings. The van der Waals surface area contributed by atoms with Gasteiger partial charge in [-0.2, -0.15) is 0 Å². The molecule has 5 nitrogen and oxygen atoms in total. The van der Waals surface area contributed by atoms with Crippen molar-refractivity contribution in [2.75, 3.05) is 13.2 Å². The van der Waals surface area contributed by atoms with Gasteiger partial charge >= 0.3 is 0 Å². The fourth-order valence-electron chi connectivity index (χ4n) is 3.66. The maximum Gasteiger partial charge on any atom is 0.276 e. The topological polar surface area (TPSA) is 55.6 Å². The number of carbonyl (C=O) groups excluding carboxylic acids is 1. The van der Waals surface area contributed by atoms with Crippen molar-refractivity contribution in [3.63, 3.8) is 0 Å². The summed E-state index contributed by atoms with van der Waals surface area (Å²) in [5.74, 6) is -0.294. The molecule has 1 amide bonds. The number of aromatic nitrogens is 1. The van der Waals surface area contributed by atoms with Gasteiger partial charge in [-0.3, -0.25) is 4.79 Å². The number of amides is 1. The number of ether oxygens (including phenoxy) is 1. The van der Waals surface area contributed by atoms with Gasteiger partial charge in [-0.15, -0.1) is 0 Å². The second kappa shape index (κ2) is 6.36. The van der Waals surface area contributed by atoms with E-state index in [9.17, 15) is 9.18 Å². The van der Waals surface area contributed by atoms with E-state index in [0.717, 1.165) is 25.7 Å². The SMILES string of the molecule is O=C(c1cc(-c2ccccc2F)on1)N1CCO[C@@H]2CCCC[C@H]21. The summed E-state index contributed by atoms with van der Waals surface area (Å²) < 4.78 is 24.9. The molecule has 0 N–H and O–H groups in total. The number of hydrogen-bond acceptors (Lipinski definition) is 4. The zero-order valence-electron chi connectivity index (χ0n) is 13.3. The Labute approximate surface area is 139 Å². The molecule has 2 fully saturated rings. The van der Waals surface area contributed by atoms with Gasteiger partial charge in [-0.1, -0.05) is 30.1 Å². The summed E-state index contributed by atoms with van der Waals surface area (Å²) in [6.45, 7) is 1.10. The van der Waals surface area contributed by atoms with Crippen molar-refractivity contribution in [2.24, 2.45) is 0 Å². The number of fused-ring (bicyclic) bond motifs is 1. The van der Waals surface area contributed by atoms with E-state index in [1.54, 1.807) is 18.2 Å². The molecular weight excluding hydrogens is 311 g/mol. The van der Waals surface area contributed by atoms with Crippen LogP contribution < -0.4 is 0 Å². The van der Waals surface area contributed by atoms with Crippen LogP contribution in [0.15, 0.2) is 34.9 Å². The van der Waals surface area contributed by atoms with Crippen LogP contribution in [0.5, 0.6) is 0 Å². The third kappa shape index (κ3) is 2.71. The molecule has 2 aromatic rings. The molecule has 1 saturated heterocycles. The fourth-order valence-corrected chi connectivity index (χ4v) is 3.66. The number of hydrogen-bond donors (Lipinski definition) is 0. The molecule has 0 spiro atoms. The summed E-state index contributed by atoms with van der Waals surface area (Å²) in [4.78, 5) is 14.7. The lowest BCUT2D eigenvalue weighted by molar-refractivity contribution is -0.0755. The van der Waals surface area contributed by atoms with Crippen molar-refractivity contribution in [1.82, 2.24) is 10.1 Å². The highest BCUT2D eigenvalue weighted by Crippen LogP contribution is 2.30. The minimum Gasteiger partial charge on any atom is -0.374 e. The first kappa shape index (κ1) is 15.3. The minimum atomic E-state index is -0.397. The monoisotopic (exact) mass is 330 g/mol. The zero-order valence-corrected chi connectivity index (χ0v) is 13.3. The molecule has 1 aromatic carbocycles. The standard InChI is InChI=1S/C18H19FN2O3/c19-13-6-2-1-5-12(13)17-11-14(20-24-17)18(22)21-9-10-23-16-8-4-3-7-15(16)21/h1-2,5-6,11,15-16H,3-4,7-10H2/t15-,16-/m1/s1. The summed E-state index contributed by atoms with van der Waals surface area (Å²) in [6, 6.07) is 7.92. The van der Waals surface area contributed by atoms with Crippen molar-refractivity contribution in [3.8, 4) is 11.3 Å². The van der Waals surface area contributed by atoms with Gasteiger partial charge in [-0.05, 0) is 25.0 Å². The molecule has 2 heterocycles. The molecule has 1 aromatic heterocycles. The molecule has 0 unspecified atom stereocenters. The predicted octanol–water partition coefficient (Wildman–Crippen LogP) is 3.26. The Morgan fingerprint density at radius 1 is 1.25 bits per heavy atom. The maximum atomic E-state index is 13.9. The smallest absolute Gasteiger partial charge is 0.276 e. The van der Waals surface area contributed by atoms with E-state index in [1.807, 2.05) is 4.90 Å². The minimum absolute atomic E-state index is 0.105. The van der Waals surface area contributed by atoms with Gasteiger partial charge in [0.05, 0.1) is 24.3 Å². The highest BCUT2D eigenvalue weighted by atomic mass is 19.1. The molecule has 1 aliphatic heterocycles. The predicted molar refractivity (Wildman–Crippen MR) is 84.9 cm³/mol. The molecular formula is C18H19FN2O3. The van der Waals surface area contributed by atoms with Crippen LogP contribution in [0.2, 0.25) is 0 Å². The number of benzene rings is 1. The first-order valence-corrected chi connectivity index (χ1v) is 8.38. The first-order valence-electron chi connectivity index (χ1n) is 8.38. The van der Waals surface area contributed by atoms with Crippen molar-refractivity contribution in [3.05, 3.63) is 41.8 Å².